The Hall–Kier alpha value is -1.02. The fourth-order valence-electron chi connectivity index (χ4n) is 3.57. The van der Waals surface area contributed by atoms with Gasteiger partial charge in [0.1, 0.15) is 0 Å². The Kier molecular flexibility index (Phi) is 2.86. The van der Waals surface area contributed by atoms with Crippen molar-refractivity contribution in [1.82, 2.24) is 0 Å². The molecule has 1 heterocycles. The maximum Gasteiger partial charge on any atom is 0.0636 e. The molecule has 0 amide bonds. The van der Waals surface area contributed by atoms with Crippen molar-refractivity contribution in [2.75, 3.05) is 18.0 Å². The van der Waals surface area contributed by atoms with Crippen LogP contribution >= 0.6 is 0 Å². The molecule has 2 nitrogen and oxygen atoms in total. The first-order valence-corrected chi connectivity index (χ1v) is 7.09. The molecule has 0 radical (unpaired) electrons. The lowest BCUT2D eigenvalue weighted by Gasteiger charge is -2.29. The second-order valence-electron chi connectivity index (χ2n) is 6.56. The molecule has 3 rings (SSSR count). The van der Waals surface area contributed by atoms with Crippen molar-refractivity contribution in [2.45, 2.75) is 39.2 Å². The molecule has 2 atom stereocenters. The van der Waals surface area contributed by atoms with E-state index in [1.165, 1.54) is 11.3 Å². The van der Waals surface area contributed by atoms with E-state index in [2.05, 4.69) is 43.0 Å². The fraction of sp³-hybridized carbons (Fsp3) is 0.625. The van der Waals surface area contributed by atoms with Gasteiger partial charge in [-0.1, -0.05) is 32.0 Å². The van der Waals surface area contributed by atoms with E-state index in [1.54, 1.807) is 0 Å². The highest BCUT2D eigenvalue weighted by molar-refractivity contribution is 5.57. The zero-order valence-corrected chi connectivity index (χ0v) is 11.4. The van der Waals surface area contributed by atoms with Crippen LogP contribution in [0, 0.1) is 11.3 Å². The number of nitrogens with zero attached hydrogens (tertiary/aromatic N) is 1. The highest BCUT2D eigenvalue weighted by Gasteiger charge is 2.41. The van der Waals surface area contributed by atoms with Gasteiger partial charge < -0.3 is 10.0 Å². The molecule has 18 heavy (non-hydrogen) atoms. The van der Waals surface area contributed by atoms with Gasteiger partial charge in [0.05, 0.1) is 6.10 Å². The third kappa shape index (κ3) is 1.93. The lowest BCUT2D eigenvalue weighted by molar-refractivity contribution is 0.0482. The molecule has 1 aromatic rings. The smallest absolute Gasteiger partial charge is 0.0636 e. The molecule has 0 aromatic heterocycles. The first kappa shape index (κ1) is 12.0. The van der Waals surface area contributed by atoms with Crippen LogP contribution in [0.15, 0.2) is 24.3 Å². The Morgan fingerprint density at radius 1 is 1.33 bits per heavy atom. The van der Waals surface area contributed by atoms with Crippen LogP contribution in [0.1, 0.15) is 32.3 Å². The van der Waals surface area contributed by atoms with Crippen molar-refractivity contribution in [2.24, 2.45) is 11.3 Å². The summed E-state index contributed by atoms with van der Waals surface area (Å²) in [5, 5.41) is 10.4. The Labute approximate surface area is 110 Å². The van der Waals surface area contributed by atoms with Gasteiger partial charge in [-0.3, -0.25) is 0 Å². The minimum absolute atomic E-state index is 0.101. The zero-order chi connectivity index (χ0) is 12.8. The molecule has 2 aliphatic rings. The summed E-state index contributed by atoms with van der Waals surface area (Å²) in [5.74, 6) is 0.436. The molecule has 1 aliphatic carbocycles. The number of hydrogen-bond donors (Lipinski definition) is 1. The van der Waals surface area contributed by atoms with Crippen LogP contribution in [0.5, 0.6) is 0 Å². The predicted octanol–water partition coefficient (Wildman–Crippen LogP) is 2.85. The van der Waals surface area contributed by atoms with Gasteiger partial charge >= 0.3 is 0 Å². The minimum Gasteiger partial charge on any atom is -0.392 e. The van der Waals surface area contributed by atoms with Gasteiger partial charge in [0.2, 0.25) is 0 Å². The number of hydrogen-bond acceptors (Lipinski definition) is 2. The summed E-state index contributed by atoms with van der Waals surface area (Å²) in [6.45, 7) is 6.51. The molecule has 0 saturated heterocycles. The van der Waals surface area contributed by atoms with E-state index in [4.69, 9.17) is 0 Å². The molecule has 1 aromatic carbocycles. The van der Waals surface area contributed by atoms with E-state index in [1.807, 2.05) is 0 Å². The number of aliphatic hydroxyl groups is 1. The number of rotatable bonds is 2. The van der Waals surface area contributed by atoms with Crippen molar-refractivity contribution in [3.05, 3.63) is 29.8 Å². The van der Waals surface area contributed by atoms with Crippen molar-refractivity contribution in [3.8, 4) is 0 Å². The van der Waals surface area contributed by atoms with Crippen LogP contribution in [0.3, 0.4) is 0 Å². The van der Waals surface area contributed by atoms with E-state index in [-0.39, 0.29) is 11.5 Å². The van der Waals surface area contributed by atoms with Gasteiger partial charge in [-0.25, -0.2) is 0 Å². The Morgan fingerprint density at radius 3 is 2.83 bits per heavy atom. The number of para-hydroxylation sites is 1. The van der Waals surface area contributed by atoms with E-state index in [9.17, 15) is 5.11 Å². The minimum atomic E-state index is -0.148. The molecule has 1 aliphatic heterocycles. The first-order chi connectivity index (χ1) is 8.58. The van der Waals surface area contributed by atoms with Crippen LogP contribution in [-0.4, -0.2) is 24.3 Å². The molecule has 1 N–H and O–H groups in total. The normalized spacial score (nSPS) is 29.6. The van der Waals surface area contributed by atoms with Crippen LogP contribution < -0.4 is 4.90 Å². The third-order valence-corrected chi connectivity index (χ3v) is 4.84. The second-order valence-corrected chi connectivity index (χ2v) is 6.56. The molecule has 98 valence electrons. The van der Waals surface area contributed by atoms with Gasteiger partial charge in [-0.15, -0.1) is 0 Å². The summed E-state index contributed by atoms with van der Waals surface area (Å²) in [6.07, 6.45) is 3.31. The molecular weight excluding hydrogens is 222 g/mol. The van der Waals surface area contributed by atoms with Crippen molar-refractivity contribution in [1.29, 1.82) is 0 Å². The molecule has 2 unspecified atom stereocenters. The third-order valence-electron chi connectivity index (χ3n) is 4.84. The molecule has 2 heteroatoms. The van der Waals surface area contributed by atoms with Gasteiger partial charge in [0, 0.05) is 24.7 Å². The maximum absolute atomic E-state index is 10.4. The molecule has 1 fully saturated rings. The van der Waals surface area contributed by atoms with Crippen LogP contribution in [0.2, 0.25) is 0 Å². The molecule has 0 spiro atoms. The van der Waals surface area contributed by atoms with Crippen molar-refractivity contribution in [3.63, 3.8) is 0 Å². The summed E-state index contributed by atoms with van der Waals surface area (Å²) in [6, 6.07) is 8.68. The lowest BCUT2D eigenvalue weighted by atomic mass is 9.87. The van der Waals surface area contributed by atoms with Crippen LogP contribution in [0.25, 0.3) is 0 Å². The van der Waals surface area contributed by atoms with E-state index in [0.29, 0.717) is 5.92 Å². The summed E-state index contributed by atoms with van der Waals surface area (Å²) in [5.41, 5.74) is 2.95. The van der Waals surface area contributed by atoms with Crippen molar-refractivity contribution < 1.29 is 5.11 Å². The summed E-state index contributed by atoms with van der Waals surface area (Å²) in [4.78, 5) is 2.46. The van der Waals surface area contributed by atoms with Gasteiger partial charge in [-0.2, -0.15) is 0 Å². The Bertz CT molecular complexity index is 440. The molecule has 1 saturated carbocycles. The summed E-state index contributed by atoms with van der Waals surface area (Å²) in [7, 11) is 0. The zero-order valence-electron chi connectivity index (χ0n) is 11.4. The monoisotopic (exact) mass is 245 g/mol. The largest absolute Gasteiger partial charge is 0.392 e. The van der Waals surface area contributed by atoms with E-state index in [0.717, 1.165) is 32.4 Å². The van der Waals surface area contributed by atoms with E-state index >= 15 is 0 Å². The van der Waals surface area contributed by atoms with Gasteiger partial charge in [0.15, 0.2) is 0 Å². The Balaban J connectivity index is 1.72. The lowest BCUT2D eigenvalue weighted by Crippen LogP contribution is -2.35. The molecular formula is C16H23NO. The van der Waals surface area contributed by atoms with E-state index < -0.39 is 0 Å². The quantitative estimate of drug-likeness (QED) is 0.866. The second kappa shape index (κ2) is 4.27. The summed E-state index contributed by atoms with van der Waals surface area (Å²) >= 11 is 0. The number of fused-ring (bicyclic) bond motifs is 1. The average molecular weight is 245 g/mol. The van der Waals surface area contributed by atoms with Crippen LogP contribution in [-0.2, 0) is 6.42 Å². The average Bonchev–Trinajstić information content (AvgIpc) is 2.87. The maximum atomic E-state index is 10.4. The van der Waals surface area contributed by atoms with Gasteiger partial charge in [-0.05, 0) is 36.3 Å². The fourth-order valence-corrected chi connectivity index (χ4v) is 3.57. The number of anilines is 1. The topological polar surface area (TPSA) is 23.5 Å². The number of aliphatic hydroxyl groups excluding tert-OH is 1. The Morgan fingerprint density at radius 2 is 2.11 bits per heavy atom. The predicted molar refractivity (Wildman–Crippen MR) is 74.9 cm³/mol. The standard InChI is InChI=1S/C16H23NO/c1-16(2)9-7-13(15(16)18)11-17-10-8-12-5-3-4-6-14(12)17/h3-6,13,15,18H,7-11H2,1-2H3. The first-order valence-electron chi connectivity index (χ1n) is 7.09. The van der Waals surface area contributed by atoms with Crippen molar-refractivity contribution >= 4 is 5.69 Å². The van der Waals surface area contributed by atoms with Crippen LogP contribution in [0.4, 0.5) is 5.69 Å². The highest BCUT2D eigenvalue weighted by Crippen LogP contribution is 2.42. The number of benzene rings is 1. The molecule has 0 bridgehead atoms. The summed E-state index contributed by atoms with van der Waals surface area (Å²) < 4.78 is 0. The highest BCUT2D eigenvalue weighted by atomic mass is 16.3. The van der Waals surface area contributed by atoms with Gasteiger partial charge in [0.25, 0.3) is 0 Å². The SMILES string of the molecule is CC1(C)CCC(CN2CCc3ccccc32)C1O.